The van der Waals surface area contributed by atoms with Crippen LogP contribution in [0.5, 0.6) is 0 Å². The van der Waals surface area contributed by atoms with Gasteiger partial charge in [-0.3, -0.25) is 9.78 Å². The van der Waals surface area contributed by atoms with Crippen molar-refractivity contribution in [1.29, 1.82) is 0 Å². The standard InChI is InChI=1S/C18H17N3OS2/c22-17(12-23-18-20-14-4-1-2-6-16(14)24-18)21-11-3-5-15(21)13-7-9-19-10-8-13/h1-2,4,6-10,15H,3,5,11-12H2. The fraction of sp³-hybridized carbons (Fsp3) is 0.278. The number of pyridine rings is 1. The number of para-hydroxylation sites is 1. The second-order valence-electron chi connectivity index (χ2n) is 5.76. The van der Waals surface area contributed by atoms with Crippen molar-refractivity contribution in [3.63, 3.8) is 0 Å². The summed E-state index contributed by atoms with van der Waals surface area (Å²) in [7, 11) is 0. The molecule has 0 spiro atoms. The lowest BCUT2D eigenvalue weighted by atomic mass is 10.1. The van der Waals surface area contributed by atoms with Gasteiger partial charge >= 0.3 is 0 Å². The van der Waals surface area contributed by atoms with E-state index in [1.807, 2.05) is 35.2 Å². The Morgan fingerprint density at radius 1 is 1.25 bits per heavy atom. The number of hydrogen-bond donors (Lipinski definition) is 0. The van der Waals surface area contributed by atoms with E-state index in [1.165, 1.54) is 10.3 Å². The molecule has 0 bridgehead atoms. The number of carbonyl (C=O) groups excluding carboxylic acids is 1. The van der Waals surface area contributed by atoms with Gasteiger partial charge in [0.1, 0.15) is 0 Å². The van der Waals surface area contributed by atoms with E-state index in [1.54, 1.807) is 35.5 Å². The molecule has 122 valence electrons. The van der Waals surface area contributed by atoms with Gasteiger partial charge in [0.15, 0.2) is 4.34 Å². The first kappa shape index (κ1) is 15.6. The van der Waals surface area contributed by atoms with Gasteiger partial charge in [-0.05, 0) is 42.7 Å². The third-order valence-electron chi connectivity index (χ3n) is 4.26. The number of thiazole rings is 1. The highest BCUT2D eigenvalue weighted by Crippen LogP contribution is 2.34. The van der Waals surface area contributed by atoms with Gasteiger partial charge in [0.05, 0.1) is 22.0 Å². The van der Waals surface area contributed by atoms with Crippen molar-refractivity contribution in [3.8, 4) is 0 Å². The van der Waals surface area contributed by atoms with E-state index in [9.17, 15) is 4.79 Å². The van der Waals surface area contributed by atoms with Crippen LogP contribution in [0.4, 0.5) is 0 Å². The summed E-state index contributed by atoms with van der Waals surface area (Å²) in [6.07, 6.45) is 5.68. The maximum atomic E-state index is 12.7. The largest absolute Gasteiger partial charge is 0.335 e. The van der Waals surface area contributed by atoms with Crippen molar-refractivity contribution >= 4 is 39.2 Å². The van der Waals surface area contributed by atoms with Crippen molar-refractivity contribution in [2.75, 3.05) is 12.3 Å². The third-order valence-corrected chi connectivity index (χ3v) is 6.42. The summed E-state index contributed by atoms with van der Waals surface area (Å²) in [5.41, 5.74) is 2.19. The number of carbonyl (C=O) groups is 1. The van der Waals surface area contributed by atoms with Gasteiger partial charge in [0.2, 0.25) is 5.91 Å². The van der Waals surface area contributed by atoms with Crippen molar-refractivity contribution in [2.24, 2.45) is 0 Å². The van der Waals surface area contributed by atoms with Gasteiger partial charge in [-0.2, -0.15) is 0 Å². The molecule has 4 rings (SSSR count). The molecule has 1 atom stereocenters. The summed E-state index contributed by atoms with van der Waals surface area (Å²) >= 11 is 3.19. The second-order valence-corrected chi connectivity index (χ2v) is 8.01. The summed E-state index contributed by atoms with van der Waals surface area (Å²) in [6, 6.07) is 12.3. The van der Waals surface area contributed by atoms with E-state index < -0.39 is 0 Å². The first-order valence-corrected chi connectivity index (χ1v) is 9.79. The predicted octanol–water partition coefficient (Wildman–Crippen LogP) is 4.15. The van der Waals surface area contributed by atoms with E-state index in [4.69, 9.17) is 0 Å². The average molecular weight is 355 g/mol. The van der Waals surface area contributed by atoms with Gasteiger partial charge in [-0.1, -0.05) is 23.9 Å². The highest BCUT2D eigenvalue weighted by molar-refractivity contribution is 8.01. The predicted molar refractivity (Wildman–Crippen MR) is 98.3 cm³/mol. The maximum Gasteiger partial charge on any atom is 0.233 e. The van der Waals surface area contributed by atoms with Gasteiger partial charge in [-0.25, -0.2) is 4.98 Å². The number of aromatic nitrogens is 2. The Kier molecular flexibility index (Phi) is 4.49. The lowest BCUT2D eigenvalue weighted by Gasteiger charge is -2.24. The van der Waals surface area contributed by atoms with Crippen molar-refractivity contribution in [1.82, 2.24) is 14.9 Å². The Balaban J connectivity index is 1.43. The number of likely N-dealkylation sites (tertiary alicyclic amines) is 1. The molecule has 1 amide bonds. The molecular formula is C18H17N3OS2. The Hall–Kier alpha value is -1.92. The molecule has 2 aromatic heterocycles. The van der Waals surface area contributed by atoms with Crippen LogP contribution in [0.3, 0.4) is 0 Å². The van der Waals surface area contributed by atoms with E-state index in [0.29, 0.717) is 5.75 Å². The van der Waals surface area contributed by atoms with Gasteiger partial charge < -0.3 is 4.90 Å². The van der Waals surface area contributed by atoms with E-state index in [2.05, 4.69) is 16.0 Å². The molecule has 1 aliphatic rings. The first-order chi connectivity index (χ1) is 11.8. The van der Waals surface area contributed by atoms with E-state index >= 15 is 0 Å². The van der Waals surface area contributed by atoms with Crippen LogP contribution in [-0.4, -0.2) is 33.1 Å². The minimum atomic E-state index is 0.191. The SMILES string of the molecule is O=C(CSc1nc2ccccc2s1)N1CCCC1c1ccncc1. The number of rotatable bonds is 4. The first-order valence-electron chi connectivity index (χ1n) is 7.99. The summed E-state index contributed by atoms with van der Waals surface area (Å²) in [6.45, 7) is 0.840. The zero-order valence-electron chi connectivity index (χ0n) is 13.1. The van der Waals surface area contributed by atoms with Crippen LogP contribution in [0.15, 0.2) is 53.1 Å². The molecule has 1 unspecified atom stereocenters. The Morgan fingerprint density at radius 3 is 2.92 bits per heavy atom. The van der Waals surface area contributed by atoms with E-state index in [-0.39, 0.29) is 11.9 Å². The fourth-order valence-electron chi connectivity index (χ4n) is 3.12. The van der Waals surface area contributed by atoms with Crippen LogP contribution in [0.25, 0.3) is 10.2 Å². The van der Waals surface area contributed by atoms with Crippen molar-refractivity contribution < 1.29 is 4.79 Å². The Labute approximate surface area is 148 Å². The van der Waals surface area contributed by atoms with Crippen molar-refractivity contribution in [3.05, 3.63) is 54.4 Å². The van der Waals surface area contributed by atoms with Crippen LogP contribution < -0.4 is 0 Å². The highest BCUT2D eigenvalue weighted by atomic mass is 32.2. The molecule has 3 heterocycles. The summed E-state index contributed by atoms with van der Waals surface area (Å²) in [5, 5.41) is 0. The van der Waals surface area contributed by atoms with Gasteiger partial charge in [-0.15, -0.1) is 11.3 Å². The minimum absolute atomic E-state index is 0.191. The molecule has 1 saturated heterocycles. The number of nitrogens with zero attached hydrogens (tertiary/aromatic N) is 3. The van der Waals surface area contributed by atoms with Crippen LogP contribution in [0.2, 0.25) is 0 Å². The number of benzene rings is 1. The summed E-state index contributed by atoms with van der Waals surface area (Å²) in [4.78, 5) is 23.4. The number of amides is 1. The molecular weight excluding hydrogens is 338 g/mol. The van der Waals surface area contributed by atoms with Crippen LogP contribution >= 0.6 is 23.1 Å². The molecule has 1 aromatic carbocycles. The van der Waals surface area contributed by atoms with E-state index in [0.717, 1.165) is 29.2 Å². The molecule has 0 radical (unpaired) electrons. The van der Waals surface area contributed by atoms with Crippen molar-refractivity contribution in [2.45, 2.75) is 23.2 Å². The average Bonchev–Trinajstić information content (AvgIpc) is 3.27. The summed E-state index contributed by atoms with van der Waals surface area (Å²) in [5.74, 6) is 0.639. The van der Waals surface area contributed by atoms with Crippen LogP contribution in [-0.2, 0) is 4.79 Å². The molecule has 0 aliphatic carbocycles. The second kappa shape index (κ2) is 6.91. The normalized spacial score (nSPS) is 17.5. The summed E-state index contributed by atoms with van der Waals surface area (Å²) < 4.78 is 2.13. The number of fused-ring (bicyclic) bond motifs is 1. The maximum absolute atomic E-state index is 12.7. The Morgan fingerprint density at radius 2 is 2.08 bits per heavy atom. The minimum Gasteiger partial charge on any atom is -0.335 e. The smallest absolute Gasteiger partial charge is 0.233 e. The molecule has 4 nitrogen and oxygen atoms in total. The monoisotopic (exact) mass is 355 g/mol. The molecule has 0 saturated carbocycles. The molecule has 1 fully saturated rings. The zero-order valence-corrected chi connectivity index (χ0v) is 14.7. The lowest BCUT2D eigenvalue weighted by molar-refractivity contribution is -0.129. The quantitative estimate of drug-likeness (QED) is 0.660. The van der Waals surface area contributed by atoms with Crippen LogP contribution in [0.1, 0.15) is 24.4 Å². The highest BCUT2D eigenvalue weighted by Gasteiger charge is 2.29. The van der Waals surface area contributed by atoms with Gasteiger partial charge in [0, 0.05) is 18.9 Å². The molecule has 1 aliphatic heterocycles. The topological polar surface area (TPSA) is 46.1 Å². The molecule has 3 aromatic rings. The number of hydrogen-bond acceptors (Lipinski definition) is 5. The molecule has 0 N–H and O–H groups in total. The van der Waals surface area contributed by atoms with Crippen LogP contribution in [0, 0.1) is 0 Å². The fourth-order valence-corrected chi connectivity index (χ4v) is 5.07. The zero-order chi connectivity index (χ0) is 16.4. The van der Waals surface area contributed by atoms with Gasteiger partial charge in [0.25, 0.3) is 0 Å². The molecule has 24 heavy (non-hydrogen) atoms. The number of thioether (sulfide) groups is 1. The third kappa shape index (κ3) is 3.16. The molecule has 6 heteroatoms. The lowest BCUT2D eigenvalue weighted by Crippen LogP contribution is -2.31. The Bertz CT molecular complexity index is 817.